The maximum absolute atomic E-state index is 12.0. The molecule has 0 saturated heterocycles. The zero-order valence-corrected chi connectivity index (χ0v) is 14.4. The molecule has 1 heterocycles. The lowest BCUT2D eigenvalue weighted by Crippen LogP contribution is -2.32. The Morgan fingerprint density at radius 2 is 1.96 bits per heavy atom. The van der Waals surface area contributed by atoms with Gasteiger partial charge < -0.3 is 20.1 Å². The number of carbonyl (C=O) groups is 1. The van der Waals surface area contributed by atoms with Crippen LogP contribution in [0.5, 0.6) is 5.75 Å². The number of anilines is 1. The van der Waals surface area contributed by atoms with E-state index in [1.807, 2.05) is 38.1 Å². The van der Waals surface area contributed by atoms with Gasteiger partial charge in [0.25, 0.3) is 0 Å². The largest absolute Gasteiger partial charge is 0.494 e. The smallest absolute Gasteiger partial charge is 0.319 e. The lowest BCUT2D eigenvalue weighted by Gasteiger charge is -2.15. The molecule has 0 saturated carbocycles. The minimum Gasteiger partial charge on any atom is -0.494 e. The molecule has 2 amide bonds. The van der Waals surface area contributed by atoms with Gasteiger partial charge in [-0.3, -0.25) is 0 Å². The van der Waals surface area contributed by atoms with Crippen molar-refractivity contribution in [1.29, 1.82) is 0 Å². The van der Waals surface area contributed by atoms with Gasteiger partial charge in [-0.1, -0.05) is 0 Å². The van der Waals surface area contributed by atoms with Crippen LogP contribution in [-0.4, -0.2) is 26.3 Å². The molecule has 1 aromatic carbocycles. The summed E-state index contributed by atoms with van der Waals surface area (Å²) in [5.74, 6) is 0.783. The van der Waals surface area contributed by atoms with Crippen LogP contribution in [0.15, 0.2) is 36.4 Å². The van der Waals surface area contributed by atoms with Gasteiger partial charge in [0, 0.05) is 22.6 Å². The lowest BCUT2D eigenvalue weighted by molar-refractivity contribution is 0.107. The molecule has 1 atom stereocenters. The van der Waals surface area contributed by atoms with Crippen molar-refractivity contribution in [2.24, 2.45) is 0 Å². The van der Waals surface area contributed by atoms with E-state index in [2.05, 4.69) is 10.6 Å². The second-order valence-corrected chi connectivity index (χ2v) is 6.28. The van der Waals surface area contributed by atoms with Crippen LogP contribution in [0.3, 0.4) is 0 Å². The highest BCUT2D eigenvalue weighted by Gasteiger charge is 2.14. The van der Waals surface area contributed by atoms with Crippen molar-refractivity contribution in [2.45, 2.75) is 20.0 Å². The number of benzene rings is 1. The monoisotopic (exact) mass is 334 g/mol. The third-order valence-electron chi connectivity index (χ3n) is 3.23. The minimum atomic E-state index is -0.260. The molecule has 0 aliphatic rings. The molecule has 0 radical (unpaired) electrons. The van der Waals surface area contributed by atoms with Crippen LogP contribution in [0.25, 0.3) is 0 Å². The summed E-state index contributed by atoms with van der Waals surface area (Å²) < 4.78 is 10.8. The Hall–Kier alpha value is -2.05. The zero-order valence-electron chi connectivity index (χ0n) is 13.6. The molecule has 2 N–H and O–H groups in total. The van der Waals surface area contributed by atoms with E-state index >= 15 is 0 Å². The van der Waals surface area contributed by atoms with Gasteiger partial charge in [0.2, 0.25) is 0 Å². The summed E-state index contributed by atoms with van der Waals surface area (Å²) in [7, 11) is 1.64. The van der Waals surface area contributed by atoms with Crippen molar-refractivity contribution >= 4 is 23.1 Å². The summed E-state index contributed by atoms with van der Waals surface area (Å²) in [6, 6.07) is 11.1. The van der Waals surface area contributed by atoms with Crippen molar-refractivity contribution in [3.05, 3.63) is 46.2 Å². The Bertz CT molecular complexity index is 625. The summed E-state index contributed by atoms with van der Waals surface area (Å²) in [6.07, 6.45) is -0.139. The van der Waals surface area contributed by atoms with Gasteiger partial charge >= 0.3 is 6.03 Å². The molecule has 2 aromatic rings. The average molecular weight is 334 g/mol. The van der Waals surface area contributed by atoms with E-state index in [1.165, 1.54) is 4.88 Å². The number of nitrogens with one attached hydrogen (secondary N) is 2. The Balaban J connectivity index is 1.84. The second-order valence-electron chi connectivity index (χ2n) is 4.97. The third kappa shape index (κ3) is 5.26. The van der Waals surface area contributed by atoms with Crippen molar-refractivity contribution < 1.29 is 14.3 Å². The molecule has 5 nitrogen and oxygen atoms in total. The summed E-state index contributed by atoms with van der Waals surface area (Å²) in [6.45, 7) is 5.01. The molecular weight excluding hydrogens is 312 g/mol. The number of carbonyl (C=O) groups excluding carboxylic acids is 1. The Morgan fingerprint density at radius 3 is 2.52 bits per heavy atom. The highest BCUT2D eigenvalue weighted by Crippen LogP contribution is 2.24. The van der Waals surface area contributed by atoms with Crippen LogP contribution in [0.2, 0.25) is 0 Å². The molecule has 1 aromatic heterocycles. The second kappa shape index (κ2) is 8.55. The van der Waals surface area contributed by atoms with Gasteiger partial charge in [0.05, 0.1) is 13.2 Å². The molecule has 0 spiro atoms. The predicted octanol–water partition coefficient (Wildman–Crippen LogP) is 3.96. The molecule has 23 heavy (non-hydrogen) atoms. The number of hydrogen-bond donors (Lipinski definition) is 2. The summed E-state index contributed by atoms with van der Waals surface area (Å²) in [4.78, 5) is 14.3. The maximum Gasteiger partial charge on any atom is 0.319 e. The van der Waals surface area contributed by atoms with Gasteiger partial charge in [-0.25, -0.2) is 4.79 Å². The Kier molecular flexibility index (Phi) is 6.43. The van der Waals surface area contributed by atoms with Crippen LogP contribution in [-0.2, 0) is 4.74 Å². The van der Waals surface area contributed by atoms with Gasteiger partial charge in [0.15, 0.2) is 0 Å². The average Bonchev–Trinajstić information content (AvgIpc) is 2.96. The number of ether oxygens (including phenoxy) is 2. The Labute approximate surface area is 140 Å². The van der Waals surface area contributed by atoms with Crippen molar-refractivity contribution in [3.8, 4) is 5.75 Å². The van der Waals surface area contributed by atoms with E-state index in [1.54, 1.807) is 30.6 Å². The lowest BCUT2D eigenvalue weighted by atomic mass is 10.3. The topological polar surface area (TPSA) is 59.6 Å². The van der Waals surface area contributed by atoms with E-state index in [-0.39, 0.29) is 12.1 Å². The molecule has 0 aliphatic carbocycles. The maximum atomic E-state index is 12.0. The molecule has 124 valence electrons. The summed E-state index contributed by atoms with van der Waals surface area (Å²) >= 11 is 1.67. The van der Waals surface area contributed by atoms with Crippen molar-refractivity contribution in [1.82, 2.24) is 5.32 Å². The van der Waals surface area contributed by atoms with Crippen LogP contribution < -0.4 is 15.4 Å². The number of aryl methyl sites for hydroxylation is 1. The van der Waals surface area contributed by atoms with Crippen LogP contribution in [0.4, 0.5) is 10.5 Å². The molecule has 6 heteroatoms. The molecular formula is C17H22N2O3S. The van der Waals surface area contributed by atoms with Gasteiger partial charge in [-0.05, 0) is 50.2 Å². The van der Waals surface area contributed by atoms with Crippen LogP contribution >= 0.6 is 11.3 Å². The molecule has 0 aliphatic heterocycles. The van der Waals surface area contributed by atoms with E-state index in [4.69, 9.17) is 9.47 Å². The fraction of sp³-hybridized carbons (Fsp3) is 0.353. The standard InChI is InChI=1S/C17H22N2O3S/c1-4-22-14-8-6-13(7-9-14)19-17(20)18-11-15(21-3)16-10-5-12(2)23-16/h5-10,15H,4,11H2,1-3H3,(H2,18,19,20). The number of urea groups is 1. The fourth-order valence-corrected chi connectivity index (χ4v) is 3.04. The molecule has 1 unspecified atom stereocenters. The van der Waals surface area contributed by atoms with Crippen LogP contribution in [0, 0.1) is 6.92 Å². The zero-order chi connectivity index (χ0) is 16.7. The molecule has 2 rings (SSSR count). The number of amides is 2. The first kappa shape index (κ1) is 17.3. The normalized spacial score (nSPS) is 11.8. The van der Waals surface area contributed by atoms with E-state index in [0.717, 1.165) is 10.6 Å². The highest BCUT2D eigenvalue weighted by atomic mass is 32.1. The number of hydrogen-bond acceptors (Lipinski definition) is 4. The molecule has 0 fully saturated rings. The number of thiophene rings is 1. The highest BCUT2D eigenvalue weighted by molar-refractivity contribution is 7.12. The fourth-order valence-electron chi connectivity index (χ4n) is 2.09. The summed E-state index contributed by atoms with van der Waals surface area (Å²) in [5.41, 5.74) is 0.715. The summed E-state index contributed by atoms with van der Waals surface area (Å²) in [5, 5.41) is 5.62. The van der Waals surface area contributed by atoms with E-state index < -0.39 is 0 Å². The van der Waals surface area contributed by atoms with Gasteiger partial charge in [-0.15, -0.1) is 11.3 Å². The number of methoxy groups -OCH3 is 1. The van der Waals surface area contributed by atoms with Crippen LogP contribution in [0.1, 0.15) is 22.8 Å². The first-order valence-electron chi connectivity index (χ1n) is 7.49. The molecule has 0 bridgehead atoms. The number of rotatable bonds is 7. The van der Waals surface area contributed by atoms with E-state index in [9.17, 15) is 4.79 Å². The van der Waals surface area contributed by atoms with E-state index in [0.29, 0.717) is 18.8 Å². The van der Waals surface area contributed by atoms with Gasteiger partial charge in [0.1, 0.15) is 11.9 Å². The van der Waals surface area contributed by atoms with Crippen molar-refractivity contribution in [2.75, 3.05) is 25.6 Å². The first-order valence-corrected chi connectivity index (χ1v) is 8.31. The van der Waals surface area contributed by atoms with Crippen molar-refractivity contribution in [3.63, 3.8) is 0 Å². The first-order chi connectivity index (χ1) is 11.1. The Morgan fingerprint density at radius 1 is 1.22 bits per heavy atom. The SMILES string of the molecule is CCOc1ccc(NC(=O)NCC(OC)c2ccc(C)s2)cc1. The third-order valence-corrected chi connectivity index (χ3v) is 4.33. The predicted molar refractivity (Wildman–Crippen MR) is 93.4 cm³/mol. The van der Waals surface area contributed by atoms with Gasteiger partial charge in [-0.2, -0.15) is 0 Å². The quantitative estimate of drug-likeness (QED) is 0.805. The minimum absolute atomic E-state index is 0.139.